The second kappa shape index (κ2) is 6.13. The molecule has 0 atom stereocenters. The molecule has 0 aromatic rings. The van der Waals surface area contributed by atoms with E-state index in [4.69, 9.17) is 0 Å². The van der Waals surface area contributed by atoms with Crippen LogP contribution in [0.25, 0.3) is 0 Å². The molecular formula is C11H16O3. The number of allylic oxidation sites excluding steroid dienone is 1. The zero-order valence-corrected chi connectivity index (χ0v) is 8.92. The lowest BCUT2D eigenvalue weighted by molar-refractivity contribution is -0.154. The second-order valence-corrected chi connectivity index (χ2v) is 2.93. The van der Waals surface area contributed by atoms with Gasteiger partial charge in [0.05, 0.1) is 0 Å². The quantitative estimate of drug-likeness (QED) is 0.394. The van der Waals surface area contributed by atoms with Gasteiger partial charge in [-0.3, -0.25) is 0 Å². The van der Waals surface area contributed by atoms with Gasteiger partial charge in [0.15, 0.2) is 0 Å². The predicted octanol–water partition coefficient (Wildman–Crippen LogP) is 2.38. The summed E-state index contributed by atoms with van der Waals surface area (Å²) in [5.41, 5.74) is 0.757. The first-order valence-electron chi connectivity index (χ1n) is 4.63. The van der Waals surface area contributed by atoms with Crippen LogP contribution in [0, 0.1) is 0 Å². The van der Waals surface area contributed by atoms with Crippen molar-refractivity contribution in [2.24, 2.45) is 0 Å². The first kappa shape index (κ1) is 12.6. The number of hydrogen-bond acceptors (Lipinski definition) is 3. The van der Waals surface area contributed by atoms with E-state index in [0.29, 0.717) is 17.6 Å². The monoisotopic (exact) mass is 196 g/mol. The van der Waals surface area contributed by atoms with Crippen LogP contribution < -0.4 is 0 Å². The Labute approximate surface area is 84.4 Å². The molecule has 3 heteroatoms. The zero-order chi connectivity index (χ0) is 11.1. The van der Waals surface area contributed by atoms with Gasteiger partial charge in [0.1, 0.15) is 0 Å². The maximum Gasteiger partial charge on any atom is 0.341 e. The van der Waals surface area contributed by atoms with Crippen LogP contribution in [0.1, 0.15) is 33.6 Å². The standard InChI is InChI=1S/C11H16O3/c1-5-7-9(4)11(13)14-10(12)8(3)6-2/h7H,3,5-6H2,1-2,4H3. The molecule has 0 fully saturated rings. The van der Waals surface area contributed by atoms with Crippen molar-refractivity contribution in [3.05, 3.63) is 23.8 Å². The van der Waals surface area contributed by atoms with Crippen molar-refractivity contribution in [3.8, 4) is 0 Å². The average Bonchev–Trinajstić information content (AvgIpc) is 2.16. The normalized spacial score (nSPS) is 10.9. The Morgan fingerprint density at radius 2 is 1.86 bits per heavy atom. The Balaban J connectivity index is 4.27. The van der Waals surface area contributed by atoms with Crippen LogP contribution in [0.15, 0.2) is 23.8 Å². The number of esters is 2. The molecule has 0 spiro atoms. The molecule has 14 heavy (non-hydrogen) atoms. The lowest BCUT2D eigenvalue weighted by Crippen LogP contribution is -2.14. The largest absolute Gasteiger partial charge is 0.386 e. The van der Waals surface area contributed by atoms with Crippen LogP contribution in [0.2, 0.25) is 0 Å². The van der Waals surface area contributed by atoms with E-state index in [2.05, 4.69) is 11.3 Å². The first-order chi connectivity index (χ1) is 6.52. The number of carbonyl (C=O) groups is 2. The molecule has 0 bridgehead atoms. The third-order valence-electron chi connectivity index (χ3n) is 1.73. The molecule has 0 aliphatic carbocycles. The van der Waals surface area contributed by atoms with Crippen molar-refractivity contribution in [2.75, 3.05) is 0 Å². The third kappa shape index (κ3) is 4.03. The van der Waals surface area contributed by atoms with Crippen molar-refractivity contribution in [3.63, 3.8) is 0 Å². The Morgan fingerprint density at radius 1 is 1.29 bits per heavy atom. The van der Waals surface area contributed by atoms with E-state index >= 15 is 0 Å². The summed E-state index contributed by atoms with van der Waals surface area (Å²) in [4.78, 5) is 22.3. The highest BCUT2D eigenvalue weighted by atomic mass is 16.6. The molecule has 0 saturated carbocycles. The molecule has 3 nitrogen and oxygen atoms in total. The molecule has 0 heterocycles. The molecule has 0 rings (SSSR count). The summed E-state index contributed by atoms with van der Waals surface area (Å²) in [5.74, 6) is -1.23. The van der Waals surface area contributed by atoms with E-state index in [-0.39, 0.29) is 0 Å². The van der Waals surface area contributed by atoms with Crippen molar-refractivity contribution < 1.29 is 14.3 Å². The molecule has 0 aliphatic rings. The lowest BCUT2D eigenvalue weighted by Gasteiger charge is -2.03. The summed E-state index contributed by atoms with van der Waals surface area (Å²) in [6, 6.07) is 0. The fourth-order valence-electron chi connectivity index (χ4n) is 0.771. The van der Waals surface area contributed by atoms with Gasteiger partial charge in [-0.1, -0.05) is 26.5 Å². The van der Waals surface area contributed by atoms with Gasteiger partial charge in [0, 0.05) is 11.1 Å². The SMILES string of the molecule is C=C(CC)C(=O)OC(=O)C(C)=CCC. The fourth-order valence-corrected chi connectivity index (χ4v) is 0.771. The minimum Gasteiger partial charge on any atom is -0.386 e. The Morgan fingerprint density at radius 3 is 2.29 bits per heavy atom. The lowest BCUT2D eigenvalue weighted by atomic mass is 10.2. The van der Waals surface area contributed by atoms with Gasteiger partial charge in [-0.05, 0) is 19.8 Å². The zero-order valence-electron chi connectivity index (χ0n) is 8.92. The van der Waals surface area contributed by atoms with E-state index in [0.717, 1.165) is 6.42 Å². The van der Waals surface area contributed by atoms with Gasteiger partial charge in [-0.15, -0.1) is 0 Å². The number of ether oxygens (including phenoxy) is 1. The van der Waals surface area contributed by atoms with Crippen molar-refractivity contribution >= 4 is 11.9 Å². The van der Waals surface area contributed by atoms with Gasteiger partial charge in [-0.25, -0.2) is 9.59 Å². The smallest absolute Gasteiger partial charge is 0.341 e. The summed E-state index contributed by atoms with van der Waals surface area (Å²) < 4.78 is 4.57. The van der Waals surface area contributed by atoms with E-state index < -0.39 is 11.9 Å². The van der Waals surface area contributed by atoms with Crippen LogP contribution in [-0.4, -0.2) is 11.9 Å². The maximum atomic E-state index is 11.2. The minimum absolute atomic E-state index is 0.308. The number of hydrogen-bond donors (Lipinski definition) is 0. The van der Waals surface area contributed by atoms with E-state index in [1.807, 2.05) is 6.92 Å². The summed E-state index contributed by atoms with van der Waals surface area (Å²) in [6.45, 7) is 8.79. The van der Waals surface area contributed by atoms with E-state index in [1.54, 1.807) is 19.9 Å². The molecule has 0 unspecified atom stereocenters. The maximum absolute atomic E-state index is 11.2. The van der Waals surface area contributed by atoms with Crippen molar-refractivity contribution in [1.82, 2.24) is 0 Å². The van der Waals surface area contributed by atoms with Crippen molar-refractivity contribution in [2.45, 2.75) is 33.6 Å². The van der Waals surface area contributed by atoms with Crippen LogP contribution in [-0.2, 0) is 14.3 Å². The fraction of sp³-hybridized carbons (Fsp3) is 0.455. The topological polar surface area (TPSA) is 43.4 Å². The molecule has 0 saturated heterocycles. The second-order valence-electron chi connectivity index (χ2n) is 2.93. The van der Waals surface area contributed by atoms with Gasteiger partial charge in [0.25, 0.3) is 0 Å². The minimum atomic E-state index is -0.638. The van der Waals surface area contributed by atoms with E-state index in [1.165, 1.54) is 0 Å². The van der Waals surface area contributed by atoms with Crippen LogP contribution >= 0.6 is 0 Å². The van der Waals surface area contributed by atoms with Crippen molar-refractivity contribution in [1.29, 1.82) is 0 Å². The Bertz CT molecular complexity index is 274. The highest BCUT2D eigenvalue weighted by Crippen LogP contribution is 2.04. The Kier molecular flexibility index (Phi) is 5.53. The van der Waals surface area contributed by atoms with Gasteiger partial charge >= 0.3 is 11.9 Å². The Hall–Kier alpha value is -1.38. The summed E-state index contributed by atoms with van der Waals surface area (Å²) in [6.07, 6.45) is 2.94. The summed E-state index contributed by atoms with van der Waals surface area (Å²) in [7, 11) is 0. The predicted molar refractivity (Wildman–Crippen MR) is 54.6 cm³/mol. The van der Waals surface area contributed by atoms with Gasteiger partial charge < -0.3 is 4.74 Å². The summed E-state index contributed by atoms with van der Waals surface area (Å²) >= 11 is 0. The molecule has 0 N–H and O–H groups in total. The van der Waals surface area contributed by atoms with Crippen LogP contribution in [0.5, 0.6) is 0 Å². The molecule has 0 aliphatic heterocycles. The molecule has 0 aromatic heterocycles. The van der Waals surface area contributed by atoms with Gasteiger partial charge in [0.2, 0.25) is 0 Å². The molecule has 0 radical (unpaired) electrons. The number of rotatable bonds is 4. The highest BCUT2D eigenvalue weighted by Gasteiger charge is 2.13. The van der Waals surface area contributed by atoms with Gasteiger partial charge in [-0.2, -0.15) is 0 Å². The first-order valence-corrected chi connectivity index (χ1v) is 4.63. The molecule has 0 amide bonds. The summed E-state index contributed by atoms with van der Waals surface area (Å²) in [5, 5.41) is 0. The van der Waals surface area contributed by atoms with Crippen LogP contribution in [0.4, 0.5) is 0 Å². The number of carbonyl (C=O) groups excluding carboxylic acids is 2. The molecule has 0 aromatic carbocycles. The van der Waals surface area contributed by atoms with E-state index in [9.17, 15) is 9.59 Å². The molecule has 78 valence electrons. The third-order valence-corrected chi connectivity index (χ3v) is 1.73. The van der Waals surface area contributed by atoms with Crippen LogP contribution in [0.3, 0.4) is 0 Å². The highest BCUT2D eigenvalue weighted by molar-refractivity contribution is 6.01. The average molecular weight is 196 g/mol. The molecular weight excluding hydrogens is 180 g/mol.